The Labute approximate surface area is 66.8 Å². The number of aliphatic imine (C=N–C) groups is 1. The molecule has 1 heterocycles. The third-order valence-corrected chi connectivity index (χ3v) is 0.746. The first-order valence-corrected chi connectivity index (χ1v) is 3.36. The maximum Gasteiger partial charge on any atom is 0.293 e. The van der Waals surface area contributed by atoms with Crippen LogP contribution in [0.25, 0.3) is 0 Å². The number of nitrogens with zero attached hydrogens (tertiary/aromatic N) is 1. The zero-order valence-corrected chi connectivity index (χ0v) is 7.07. The van der Waals surface area contributed by atoms with Crippen molar-refractivity contribution in [3.8, 4) is 0 Å². The molecule has 0 spiro atoms. The third-order valence-electron chi connectivity index (χ3n) is 0.746. The van der Waals surface area contributed by atoms with Gasteiger partial charge in [-0.1, -0.05) is 0 Å². The van der Waals surface area contributed by atoms with E-state index in [1.807, 2.05) is 26.8 Å². The van der Waals surface area contributed by atoms with Gasteiger partial charge in [0.05, 0.1) is 0 Å². The topological polar surface area (TPSA) is 38.7 Å². The maximum atomic E-state index is 9.60. The quantitative estimate of drug-likeness (QED) is 0.539. The Balaban J connectivity index is 0.000000207. The van der Waals surface area contributed by atoms with Gasteiger partial charge in [-0.15, -0.1) is 0 Å². The smallest absolute Gasteiger partial charge is 0.293 e. The summed E-state index contributed by atoms with van der Waals surface area (Å²) in [4.78, 5) is 13.2. The SMILES string of the molecule is C1=CN=C1.CC(C)(C)OC=O. The van der Waals surface area contributed by atoms with E-state index in [0.29, 0.717) is 6.47 Å². The second kappa shape index (κ2) is 4.66. The van der Waals surface area contributed by atoms with E-state index in [-0.39, 0.29) is 5.60 Å². The summed E-state index contributed by atoms with van der Waals surface area (Å²) < 4.78 is 4.55. The first-order chi connectivity index (χ1) is 5.06. The van der Waals surface area contributed by atoms with E-state index in [9.17, 15) is 4.79 Å². The van der Waals surface area contributed by atoms with E-state index in [0.717, 1.165) is 0 Å². The summed E-state index contributed by atoms with van der Waals surface area (Å²) in [5, 5.41) is 0. The molecular weight excluding hydrogens is 142 g/mol. The Hall–Kier alpha value is -1.12. The molecule has 1 aliphatic rings. The van der Waals surface area contributed by atoms with Crippen molar-refractivity contribution in [2.45, 2.75) is 26.4 Å². The molecule has 0 N–H and O–H groups in total. The number of rotatable bonds is 1. The Morgan fingerprint density at radius 2 is 1.82 bits per heavy atom. The molecule has 1 aliphatic heterocycles. The molecule has 0 saturated heterocycles. The van der Waals surface area contributed by atoms with Gasteiger partial charge in [-0.05, 0) is 26.8 Å². The molecule has 0 aromatic heterocycles. The molecule has 0 aliphatic carbocycles. The van der Waals surface area contributed by atoms with Crippen molar-refractivity contribution in [1.29, 1.82) is 0 Å². The van der Waals surface area contributed by atoms with E-state index in [1.54, 1.807) is 12.4 Å². The molecule has 0 amide bonds. The number of allylic oxidation sites excluding steroid dienone is 1. The van der Waals surface area contributed by atoms with E-state index < -0.39 is 0 Å². The number of carbonyl (C=O) groups excluding carboxylic acids is 1. The molecular formula is C8H13NO2. The van der Waals surface area contributed by atoms with Crippen LogP contribution in [0.2, 0.25) is 0 Å². The molecule has 0 unspecified atom stereocenters. The second-order valence-electron chi connectivity index (χ2n) is 2.97. The monoisotopic (exact) mass is 155 g/mol. The van der Waals surface area contributed by atoms with E-state index in [2.05, 4.69) is 9.73 Å². The lowest BCUT2D eigenvalue weighted by Gasteiger charge is -2.14. The summed E-state index contributed by atoms with van der Waals surface area (Å²) in [6.45, 7) is 5.92. The predicted octanol–water partition coefficient (Wildman–Crippen LogP) is 1.54. The van der Waals surface area contributed by atoms with Crippen molar-refractivity contribution in [2.75, 3.05) is 0 Å². The zero-order chi connectivity index (χ0) is 8.74. The highest BCUT2D eigenvalue weighted by Gasteiger charge is 2.07. The van der Waals surface area contributed by atoms with Crippen molar-refractivity contribution >= 4 is 12.7 Å². The maximum absolute atomic E-state index is 9.60. The average molecular weight is 155 g/mol. The number of hydrogen-bond acceptors (Lipinski definition) is 3. The van der Waals surface area contributed by atoms with Gasteiger partial charge in [0.1, 0.15) is 5.60 Å². The second-order valence-corrected chi connectivity index (χ2v) is 2.97. The number of hydrogen-bond donors (Lipinski definition) is 0. The molecule has 0 aromatic carbocycles. The van der Waals surface area contributed by atoms with Crippen LogP contribution >= 0.6 is 0 Å². The normalized spacial score (nSPS) is 12.6. The molecule has 62 valence electrons. The third kappa shape index (κ3) is 8.88. The van der Waals surface area contributed by atoms with Crippen LogP contribution in [0.5, 0.6) is 0 Å². The summed E-state index contributed by atoms with van der Waals surface area (Å²) in [5.74, 6) is 0. The Morgan fingerprint density at radius 1 is 1.45 bits per heavy atom. The molecule has 11 heavy (non-hydrogen) atoms. The van der Waals surface area contributed by atoms with Crippen LogP contribution in [-0.2, 0) is 9.53 Å². The molecule has 0 bridgehead atoms. The van der Waals surface area contributed by atoms with Gasteiger partial charge in [-0.25, -0.2) is 0 Å². The standard InChI is InChI=1S/C5H10O2.C3H3N/c1-5(2,3)7-4-6;1-2-4-3-1/h4H,1-3H3;1-3H. The van der Waals surface area contributed by atoms with Crippen molar-refractivity contribution < 1.29 is 9.53 Å². The van der Waals surface area contributed by atoms with Crippen LogP contribution in [0.15, 0.2) is 17.3 Å². The van der Waals surface area contributed by atoms with E-state index in [4.69, 9.17) is 0 Å². The number of ether oxygens (including phenoxy) is 1. The van der Waals surface area contributed by atoms with Gasteiger partial charge >= 0.3 is 0 Å². The summed E-state index contributed by atoms with van der Waals surface area (Å²) in [6.07, 6.45) is 5.39. The van der Waals surface area contributed by atoms with Crippen molar-refractivity contribution in [3.05, 3.63) is 12.3 Å². The summed E-state index contributed by atoms with van der Waals surface area (Å²) >= 11 is 0. The van der Waals surface area contributed by atoms with Crippen LogP contribution in [0.1, 0.15) is 20.8 Å². The first-order valence-electron chi connectivity index (χ1n) is 3.36. The van der Waals surface area contributed by atoms with Crippen LogP contribution in [0, 0.1) is 0 Å². The fourth-order valence-corrected chi connectivity index (χ4v) is 0.230. The Kier molecular flexibility index (Phi) is 4.18. The minimum Gasteiger partial charge on any atom is -0.462 e. The van der Waals surface area contributed by atoms with Gasteiger partial charge in [0.2, 0.25) is 0 Å². The molecule has 0 fully saturated rings. The lowest BCUT2D eigenvalue weighted by Crippen LogP contribution is -2.17. The van der Waals surface area contributed by atoms with E-state index >= 15 is 0 Å². The lowest BCUT2D eigenvalue weighted by molar-refractivity contribution is -0.138. The van der Waals surface area contributed by atoms with Gasteiger partial charge < -0.3 is 4.74 Å². The highest BCUT2D eigenvalue weighted by Crippen LogP contribution is 2.02. The molecule has 3 heteroatoms. The largest absolute Gasteiger partial charge is 0.462 e. The molecule has 0 saturated carbocycles. The van der Waals surface area contributed by atoms with Gasteiger partial charge in [0.25, 0.3) is 6.47 Å². The lowest BCUT2D eigenvalue weighted by atomic mass is 10.2. The minimum absolute atomic E-state index is 0.318. The van der Waals surface area contributed by atoms with Crippen molar-refractivity contribution in [1.82, 2.24) is 0 Å². The molecule has 0 radical (unpaired) electrons. The first kappa shape index (κ1) is 9.88. The number of carbonyl (C=O) groups is 1. The molecule has 1 rings (SSSR count). The highest BCUT2D eigenvalue weighted by molar-refractivity contribution is 5.76. The fraction of sp³-hybridized carbons (Fsp3) is 0.500. The van der Waals surface area contributed by atoms with Crippen LogP contribution in [0.4, 0.5) is 0 Å². The summed E-state index contributed by atoms with van der Waals surface area (Å²) in [7, 11) is 0. The zero-order valence-electron chi connectivity index (χ0n) is 7.07. The molecule has 0 atom stereocenters. The van der Waals surface area contributed by atoms with Crippen molar-refractivity contribution in [2.24, 2.45) is 4.99 Å². The highest BCUT2D eigenvalue weighted by atomic mass is 16.5. The predicted molar refractivity (Wildman–Crippen MR) is 44.5 cm³/mol. The molecule has 0 aromatic rings. The summed E-state index contributed by atoms with van der Waals surface area (Å²) in [5.41, 5.74) is -0.318. The fourth-order valence-electron chi connectivity index (χ4n) is 0.230. The Morgan fingerprint density at radius 3 is 1.82 bits per heavy atom. The van der Waals surface area contributed by atoms with Crippen LogP contribution in [-0.4, -0.2) is 18.3 Å². The van der Waals surface area contributed by atoms with Crippen molar-refractivity contribution in [3.63, 3.8) is 0 Å². The van der Waals surface area contributed by atoms with E-state index in [1.165, 1.54) is 0 Å². The molecule has 3 nitrogen and oxygen atoms in total. The van der Waals surface area contributed by atoms with Crippen LogP contribution < -0.4 is 0 Å². The van der Waals surface area contributed by atoms with Crippen LogP contribution in [0.3, 0.4) is 0 Å². The van der Waals surface area contributed by atoms with Gasteiger partial charge in [-0.3, -0.25) is 9.79 Å². The summed E-state index contributed by atoms with van der Waals surface area (Å²) in [6, 6.07) is 0. The average Bonchev–Trinajstić information content (AvgIpc) is 1.54. The van der Waals surface area contributed by atoms with Gasteiger partial charge in [-0.2, -0.15) is 0 Å². The van der Waals surface area contributed by atoms with Gasteiger partial charge in [0.15, 0.2) is 0 Å². The minimum atomic E-state index is -0.318. The van der Waals surface area contributed by atoms with Gasteiger partial charge in [0, 0.05) is 12.4 Å². The Bertz CT molecular complexity index is 147.